The van der Waals surface area contributed by atoms with Gasteiger partial charge in [-0.15, -0.1) is 0 Å². The number of rotatable bonds is 12. The second-order valence-electron chi connectivity index (χ2n) is 9.53. The lowest BCUT2D eigenvalue weighted by molar-refractivity contribution is -0.156. The van der Waals surface area contributed by atoms with Crippen LogP contribution in [0.3, 0.4) is 0 Å². The number of carboxylic acid groups (broad SMARTS) is 2. The number of hydrogen-bond donors (Lipinski definition) is 2. The van der Waals surface area contributed by atoms with Crippen molar-refractivity contribution in [3.8, 4) is 11.5 Å². The Labute approximate surface area is 199 Å². The summed E-state index contributed by atoms with van der Waals surface area (Å²) < 4.78 is 21.4. The van der Waals surface area contributed by atoms with Gasteiger partial charge in [-0.25, -0.2) is 9.59 Å². The molecule has 10 heteroatoms. The van der Waals surface area contributed by atoms with E-state index in [-0.39, 0.29) is 61.5 Å². The molecule has 0 aromatic heterocycles. The quantitative estimate of drug-likeness (QED) is 0.330. The summed E-state index contributed by atoms with van der Waals surface area (Å²) in [6, 6.07) is 2.14. The Bertz CT molecular complexity index is 821. The van der Waals surface area contributed by atoms with Crippen LogP contribution < -0.4 is 9.47 Å². The zero-order chi connectivity index (χ0) is 26.1. The molecule has 0 bridgehead atoms. The Hall–Kier alpha value is -3.30. The van der Waals surface area contributed by atoms with Gasteiger partial charge in [0.2, 0.25) is 0 Å². The third-order valence-electron chi connectivity index (χ3n) is 3.95. The fourth-order valence-electron chi connectivity index (χ4n) is 2.72. The van der Waals surface area contributed by atoms with Crippen molar-refractivity contribution in [2.24, 2.45) is 0 Å². The van der Waals surface area contributed by atoms with Crippen LogP contribution in [0.5, 0.6) is 11.5 Å². The van der Waals surface area contributed by atoms with Crippen LogP contribution in [0.25, 0.3) is 0 Å². The van der Waals surface area contributed by atoms with Gasteiger partial charge in [-0.2, -0.15) is 0 Å². The van der Waals surface area contributed by atoms with E-state index in [0.29, 0.717) is 0 Å². The van der Waals surface area contributed by atoms with Crippen LogP contribution in [-0.4, -0.2) is 58.5 Å². The molecule has 0 aliphatic carbocycles. The zero-order valence-electron chi connectivity index (χ0n) is 20.6. The van der Waals surface area contributed by atoms with Gasteiger partial charge in [-0.1, -0.05) is 0 Å². The van der Waals surface area contributed by atoms with E-state index in [4.69, 9.17) is 18.9 Å². The molecule has 0 heterocycles. The van der Waals surface area contributed by atoms with E-state index in [0.717, 1.165) is 6.07 Å². The molecule has 0 amide bonds. The maximum absolute atomic E-state index is 11.8. The van der Waals surface area contributed by atoms with E-state index in [1.54, 1.807) is 41.5 Å². The molecule has 2 N–H and O–H groups in total. The van der Waals surface area contributed by atoms with Crippen LogP contribution in [0.2, 0.25) is 0 Å². The lowest BCUT2D eigenvalue weighted by atomic mass is 10.1. The SMILES string of the molecule is CC(C)(C)OC(=O)CCCOc1cc(OCCCC(=O)OC(C)(C)C)c(C(=O)O)cc1C(=O)O. The van der Waals surface area contributed by atoms with Crippen molar-refractivity contribution in [1.82, 2.24) is 0 Å². The maximum atomic E-state index is 11.8. The normalized spacial score (nSPS) is 11.5. The molecule has 1 aromatic carbocycles. The Morgan fingerprint density at radius 2 is 1.03 bits per heavy atom. The van der Waals surface area contributed by atoms with Crippen molar-refractivity contribution in [2.45, 2.75) is 78.4 Å². The lowest BCUT2D eigenvalue weighted by Crippen LogP contribution is -2.24. The molecule has 0 atom stereocenters. The van der Waals surface area contributed by atoms with E-state index in [1.165, 1.54) is 6.07 Å². The fraction of sp³-hybridized carbons (Fsp3) is 0.583. The van der Waals surface area contributed by atoms with Gasteiger partial charge in [0.25, 0.3) is 0 Å². The summed E-state index contributed by atoms with van der Waals surface area (Å²) in [5, 5.41) is 18.9. The highest BCUT2D eigenvalue weighted by atomic mass is 16.6. The van der Waals surface area contributed by atoms with Gasteiger partial charge in [0.15, 0.2) is 0 Å². The molecule has 1 rings (SSSR count). The predicted molar refractivity (Wildman–Crippen MR) is 122 cm³/mol. The van der Waals surface area contributed by atoms with Gasteiger partial charge in [0, 0.05) is 18.9 Å². The minimum Gasteiger partial charge on any atom is -0.493 e. The second kappa shape index (κ2) is 12.2. The molecule has 0 saturated carbocycles. The van der Waals surface area contributed by atoms with E-state index >= 15 is 0 Å². The molecular formula is C24H34O10. The molecule has 0 aliphatic heterocycles. The highest BCUT2D eigenvalue weighted by Gasteiger charge is 2.22. The fourth-order valence-corrected chi connectivity index (χ4v) is 2.72. The first-order valence-corrected chi connectivity index (χ1v) is 10.9. The minimum absolute atomic E-state index is 0.00399. The first-order valence-electron chi connectivity index (χ1n) is 10.9. The standard InChI is InChI=1S/C24H34O10/c1-23(2,3)33-19(25)9-7-11-31-17-14-18(16(22(29)30)13-15(17)21(27)28)32-12-8-10-20(26)34-24(4,5)6/h13-14H,7-12H2,1-6H3,(H,27,28)(H,29,30). The molecule has 1 aromatic rings. The topological polar surface area (TPSA) is 146 Å². The highest BCUT2D eigenvalue weighted by molar-refractivity contribution is 5.98. The maximum Gasteiger partial charge on any atom is 0.339 e. The van der Waals surface area contributed by atoms with Crippen LogP contribution in [0, 0.1) is 0 Å². The summed E-state index contributed by atoms with van der Waals surface area (Å²) in [5.41, 5.74) is -1.93. The van der Waals surface area contributed by atoms with Crippen molar-refractivity contribution < 1.29 is 48.3 Å². The van der Waals surface area contributed by atoms with Crippen LogP contribution in [0.4, 0.5) is 0 Å². The van der Waals surface area contributed by atoms with Crippen molar-refractivity contribution >= 4 is 23.9 Å². The van der Waals surface area contributed by atoms with Crippen molar-refractivity contribution in [2.75, 3.05) is 13.2 Å². The molecule has 34 heavy (non-hydrogen) atoms. The number of carbonyl (C=O) groups is 4. The van der Waals surface area contributed by atoms with Crippen LogP contribution in [0.1, 0.15) is 87.9 Å². The monoisotopic (exact) mass is 482 g/mol. The molecule has 10 nitrogen and oxygen atoms in total. The third-order valence-corrected chi connectivity index (χ3v) is 3.95. The van der Waals surface area contributed by atoms with Gasteiger partial charge in [0.05, 0.1) is 13.2 Å². The number of carboxylic acids is 2. The lowest BCUT2D eigenvalue weighted by Gasteiger charge is -2.19. The molecule has 0 spiro atoms. The number of carbonyl (C=O) groups excluding carboxylic acids is 2. The largest absolute Gasteiger partial charge is 0.493 e. The summed E-state index contributed by atoms with van der Waals surface area (Å²) in [6.45, 7) is 10.5. The molecule has 0 fully saturated rings. The average Bonchev–Trinajstić information content (AvgIpc) is 2.65. The first-order chi connectivity index (χ1) is 15.6. The smallest absolute Gasteiger partial charge is 0.339 e. The Morgan fingerprint density at radius 3 is 1.32 bits per heavy atom. The summed E-state index contributed by atoms with van der Waals surface area (Å²) in [6.07, 6.45) is 0.670. The second-order valence-corrected chi connectivity index (χ2v) is 9.53. The van der Waals surface area contributed by atoms with Gasteiger partial charge in [0.1, 0.15) is 33.8 Å². The predicted octanol–water partition coefficient (Wildman–Crippen LogP) is 4.08. The molecular weight excluding hydrogens is 448 g/mol. The van der Waals surface area contributed by atoms with Crippen LogP contribution in [-0.2, 0) is 19.1 Å². The zero-order valence-corrected chi connectivity index (χ0v) is 20.6. The highest BCUT2D eigenvalue weighted by Crippen LogP contribution is 2.30. The van der Waals surface area contributed by atoms with E-state index < -0.39 is 35.1 Å². The van der Waals surface area contributed by atoms with Gasteiger partial charge in [-0.05, 0) is 60.5 Å². The third kappa shape index (κ3) is 11.0. The van der Waals surface area contributed by atoms with Gasteiger partial charge < -0.3 is 29.2 Å². The first kappa shape index (κ1) is 28.7. The molecule has 190 valence electrons. The van der Waals surface area contributed by atoms with Crippen LogP contribution in [0.15, 0.2) is 12.1 Å². The van der Waals surface area contributed by atoms with Crippen molar-refractivity contribution in [3.05, 3.63) is 23.3 Å². The van der Waals surface area contributed by atoms with E-state index in [2.05, 4.69) is 0 Å². The minimum atomic E-state index is -1.37. The number of ether oxygens (including phenoxy) is 4. The van der Waals surface area contributed by atoms with E-state index in [9.17, 15) is 29.4 Å². The molecule has 0 saturated heterocycles. The summed E-state index contributed by atoms with van der Waals surface area (Å²) in [7, 11) is 0. The number of aromatic carboxylic acids is 2. The molecule has 0 unspecified atom stereocenters. The molecule has 0 aliphatic rings. The van der Waals surface area contributed by atoms with Crippen molar-refractivity contribution in [3.63, 3.8) is 0 Å². The Kier molecular flexibility index (Phi) is 10.3. The average molecular weight is 483 g/mol. The molecule has 0 radical (unpaired) electrons. The summed E-state index contributed by atoms with van der Waals surface area (Å²) >= 11 is 0. The number of esters is 2. The number of benzene rings is 1. The number of hydrogen-bond acceptors (Lipinski definition) is 8. The van der Waals surface area contributed by atoms with Gasteiger partial charge in [-0.3, -0.25) is 9.59 Å². The summed E-state index contributed by atoms with van der Waals surface area (Å²) in [5.74, 6) is -3.76. The Balaban J connectivity index is 2.84. The van der Waals surface area contributed by atoms with Crippen LogP contribution >= 0.6 is 0 Å². The summed E-state index contributed by atoms with van der Waals surface area (Å²) in [4.78, 5) is 46.8. The Morgan fingerprint density at radius 1 is 0.676 bits per heavy atom. The van der Waals surface area contributed by atoms with E-state index in [1.807, 2.05) is 0 Å². The van der Waals surface area contributed by atoms with Crippen molar-refractivity contribution in [1.29, 1.82) is 0 Å². The van der Waals surface area contributed by atoms with Gasteiger partial charge >= 0.3 is 23.9 Å².